The average molecular weight is 504 g/mol. The summed E-state index contributed by atoms with van der Waals surface area (Å²) in [6.07, 6.45) is 2.51. The van der Waals surface area contributed by atoms with Gasteiger partial charge in [-0.25, -0.2) is 13.1 Å². The molecule has 0 amide bonds. The zero-order chi connectivity index (χ0) is 16.5. The maximum atomic E-state index is 12.0. The van der Waals surface area contributed by atoms with Crippen LogP contribution >= 0.6 is 47.1 Å². The molecule has 2 rings (SSSR count). The number of thiophene rings is 1. The molecule has 0 bridgehead atoms. The fourth-order valence-corrected chi connectivity index (χ4v) is 5.43. The minimum Gasteiger partial charge on any atom is -0.357 e. The van der Waals surface area contributed by atoms with E-state index in [9.17, 15) is 8.42 Å². The molecule has 138 valence electrons. The topological polar surface area (TPSA) is 82.6 Å². The van der Waals surface area contributed by atoms with Crippen LogP contribution in [0.25, 0.3) is 0 Å². The van der Waals surface area contributed by atoms with Crippen molar-refractivity contribution < 1.29 is 8.42 Å². The van der Waals surface area contributed by atoms with Crippen LogP contribution in [0.2, 0.25) is 0 Å². The predicted molar refractivity (Wildman–Crippen MR) is 114 cm³/mol. The van der Waals surface area contributed by atoms with E-state index in [-0.39, 0.29) is 24.0 Å². The summed E-state index contributed by atoms with van der Waals surface area (Å²) in [5, 5.41) is 8.72. The van der Waals surface area contributed by atoms with Gasteiger partial charge < -0.3 is 10.6 Å². The van der Waals surface area contributed by atoms with Crippen LogP contribution in [0.5, 0.6) is 0 Å². The Morgan fingerprint density at radius 3 is 2.83 bits per heavy atom. The van der Waals surface area contributed by atoms with Gasteiger partial charge in [0.05, 0.1) is 6.54 Å². The number of nitrogens with one attached hydrogen (secondary N) is 3. The van der Waals surface area contributed by atoms with Crippen molar-refractivity contribution in [1.82, 2.24) is 15.4 Å². The Bertz CT molecular complexity index is 587. The monoisotopic (exact) mass is 504 g/mol. The Hall–Kier alpha value is -0.0400. The summed E-state index contributed by atoms with van der Waals surface area (Å²) in [5.74, 6) is 1.98. The highest BCUT2D eigenvalue weighted by molar-refractivity contribution is 14.0. The highest BCUT2D eigenvalue weighted by Crippen LogP contribution is 2.25. The molecule has 6 nitrogen and oxygen atoms in total. The standard InChI is InChI=1S/C14H24N4O2S3.HI/c1-2-15-14(17-11-12-5-3-9-21-12)16-7-8-18-23(19,20)13-6-4-10-22-13;/h4,6,10,12,18H,2-3,5,7-9,11H2,1H3,(H2,15,16,17);1H. The predicted octanol–water partition coefficient (Wildman–Crippen LogP) is 2.10. The molecule has 10 heteroatoms. The van der Waals surface area contributed by atoms with Gasteiger partial charge in [0, 0.05) is 24.9 Å². The second kappa shape index (κ2) is 11.6. The molecule has 1 aromatic rings. The van der Waals surface area contributed by atoms with Crippen LogP contribution < -0.4 is 15.4 Å². The average Bonchev–Trinajstić information content (AvgIpc) is 3.22. The van der Waals surface area contributed by atoms with Crippen molar-refractivity contribution in [2.45, 2.75) is 29.2 Å². The van der Waals surface area contributed by atoms with Crippen LogP contribution in [-0.2, 0) is 10.0 Å². The van der Waals surface area contributed by atoms with Crippen molar-refractivity contribution in [3.63, 3.8) is 0 Å². The first-order valence-corrected chi connectivity index (χ1v) is 11.2. The van der Waals surface area contributed by atoms with E-state index < -0.39 is 10.0 Å². The number of nitrogens with zero attached hydrogens (tertiary/aromatic N) is 1. The molecule has 0 radical (unpaired) electrons. The fourth-order valence-electron chi connectivity index (χ4n) is 2.18. The summed E-state index contributed by atoms with van der Waals surface area (Å²) in [6.45, 7) is 4.42. The van der Waals surface area contributed by atoms with E-state index >= 15 is 0 Å². The van der Waals surface area contributed by atoms with E-state index in [1.54, 1.807) is 17.5 Å². The van der Waals surface area contributed by atoms with Crippen molar-refractivity contribution in [2.75, 3.05) is 31.9 Å². The third-order valence-corrected chi connectivity index (χ3v) is 7.53. The molecule has 1 aliphatic rings. The minimum absolute atomic E-state index is 0. The van der Waals surface area contributed by atoms with Crippen LogP contribution in [0.1, 0.15) is 19.8 Å². The van der Waals surface area contributed by atoms with Gasteiger partial charge in [0.2, 0.25) is 10.0 Å². The zero-order valence-electron chi connectivity index (χ0n) is 13.7. The summed E-state index contributed by atoms with van der Waals surface area (Å²) in [7, 11) is -3.39. The lowest BCUT2D eigenvalue weighted by Gasteiger charge is -2.13. The molecule has 2 heterocycles. The van der Waals surface area contributed by atoms with Crippen LogP contribution in [0.15, 0.2) is 26.7 Å². The molecule has 1 fully saturated rings. The summed E-state index contributed by atoms with van der Waals surface area (Å²) in [5.41, 5.74) is 0. The lowest BCUT2D eigenvalue weighted by Crippen LogP contribution is -2.41. The maximum Gasteiger partial charge on any atom is 0.250 e. The van der Waals surface area contributed by atoms with E-state index in [4.69, 9.17) is 0 Å². The molecule has 1 unspecified atom stereocenters. The number of rotatable bonds is 8. The number of sulfonamides is 1. The van der Waals surface area contributed by atoms with Crippen molar-refractivity contribution in [3.05, 3.63) is 17.5 Å². The van der Waals surface area contributed by atoms with Gasteiger partial charge in [0.15, 0.2) is 5.96 Å². The zero-order valence-corrected chi connectivity index (χ0v) is 18.4. The Morgan fingerprint density at radius 2 is 2.21 bits per heavy atom. The number of hydrogen-bond acceptors (Lipinski definition) is 5. The quantitative estimate of drug-likeness (QED) is 0.219. The first-order chi connectivity index (χ1) is 11.1. The molecule has 1 saturated heterocycles. The number of halogens is 1. The van der Waals surface area contributed by atoms with Crippen molar-refractivity contribution in [1.29, 1.82) is 0 Å². The summed E-state index contributed by atoms with van der Waals surface area (Å²) in [4.78, 5) is 4.58. The minimum atomic E-state index is -3.39. The molecule has 1 aromatic heterocycles. The van der Waals surface area contributed by atoms with Crippen LogP contribution in [0.4, 0.5) is 0 Å². The molecule has 0 aromatic carbocycles. The molecule has 0 spiro atoms. The molecule has 0 saturated carbocycles. The van der Waals surface area contributed by atoms with Crippen molar-refractivity contribution in [2.24, 2.45) is 4.99 Å². The van der Waals surface area contributed by atoms with E-state index in [1.807, 2.05) is 18.7 Å². The van der Waals surface area contributed by atoms with Crippen molar-refractivity contribution in [3.8, 4) is 0 Å². The SMILES string of the molecule is CCNC(=NCC1CCCS1)NCCNS(=O)(=O)c1cccs1.I. The second-order valence-corrected chi connectivity index (χ2v) is 9.46. The molecule has 24 heavy (non-hydrogen) atoms. The van der Waals surface area contributed by atoms with E-state index in [1.165, 1.54) is 29.9 Å². The van der Waals surface area contributed by atoms with E-state index in [0.717, 1.165) is 19.0 Å². The molecule has 1 aliphatic heterocycles. The van der Waals surface area contributed by atoms with Crippen LogP contribution in [0, 0.1) is 0 Å². The third-order valence-electron chi connectivity index (χ3n) is 3.29. The summed E-state index contributed by atoms with van der Waals surface area (Å²) in [6, 6.07) is 3.33. The van der Waals surface area contributed by atoms with Gasteiger partial charge in [-0.15, -0.1) is 35.3 Å². The van der Waals surface area contributed by atoms with Gasteiger partial charge in [-0.05, 0) is 37.0 Å². The first-order valence-electron chi connectivity index (χ1n) is 7.79. The number of hydrogen-bond donors (Lipinski definition) is 3. The van der Waals surface area contributed by atoms with Crippen LogP contribution in [0.3, 0.4) is 0 Å². The Kier molecular flexibility index (Phi) is 10.6. The second-order valence-electron chi connectivity index (χ2n) is 5.11. The fraction of sp³-hybridized carbons (Fsp3) is 0.643. The van der Waals surface area contributed by atoms with Gasteiger partial charge in [0.1, 0.15) is 4.21 Å². The normalized spacial score (nSPS) is 18.2. The van der Waals surface area contributed by atoms with Crippen molar-refractivity contribution >= 4 is 63.1 Å². The van der Waals surface area contributed by atoms with Gasteiger partial charge in [0.25, 0.3) is 0 Å². The van der Waals surface area contributed by atoms with Gasteiger partial charge in [-0.3, -0.25) is 4.99 Å². The van der Waals surface area contributed by atoms with E-state index in [2.05, 4.69) is 20.3 Å². The Balaban J connectivity index is 0.00000288. The molecular weight excluding hydrogens is 479 g/mol. The molecule has 1 atom stereocenters. The Labute approximate surface area is 169 Å². The maximum absolute atomic E-state index is 12.0. The number of thioether (sulfide) groups is 1. The lowest BCUT2D eigenvalue weighted by molar-refractivity contribution is 0.582. The van der Waals surface area contributed by atoms with Crippen LogP contribution in [-0.4, -0.2) is 51.6 Å². The van der Waals surface area contributed by atoms with E-state index in [0.29, 0.717) is 22.5 Å². The summed E-state index contributed by atoms with van der Waals surface area (Å²) >= 11 is 3.19. The van der Waals surface area contributed by atoms with Gasteiger partial charge in [-0.2, -0.15) is 11.8 Å². The number of aliphatic imine (C=N–C) groups is 1. The third kappa shape index (κ3) is 7.46. The first kappa shape index (κ1) is 22.0. The largest absolute Gasteiger partial charge is 0.357 e. The highest BCUT2D eigenvalue weighted by atomic mass is 127. The molecule has 3 N–H and O–H groups in total. The molecular formula is C14H25IN4O2S3. The lowest BCUT2D eigenvalue weighted by atomic mass is 10.2. The Morgan fingerprint density at radius 1 is 1.38 bits per heavy atom. The summed E-state index contributed by atoms with van der Waals surface area (Å²) < 4.78 is 26.9. The van der Waals surface area contributed by atoms with Gasteiger partial charge in [-0.1, -0.05) is 6.07 Å². The smallest absolute Gasteiger partial charge is 0.250 e. The highest BCUT2D eigenvalue weighted by Gasteiger charge is 2.15. The number of guanidine groups is 1. The molecule has 0 aliphatic carbocycles. The van der Waals surface area contributed by atoms with Gasteiger partial charge >= 0.3 is 0 Å².